The molecule has 7 heteroatoms. The Bertz CT molecular complexity index is 708. The molecule has 0 aliphatic carbocycles. The predicted octanol–water partition coefficient (Wildman–Crippen LogP) is 0.824. The van der Waals surface area contributed by atoms with E-state index >= 15 is 0 Å². The van der Waals surface area contributed by atoms with Gasteiger partial charge in [-0.05, 0) is 25.8 Å². The van der Waals surface area contributed by atoms with Gasteiger partial charge >= 0.3 is 0 Å². The van der Waals surface area contributed by atoms with Crippen LogP contribution in [0.5, 0.6) is 0 Å². The molecule has 0 saturated carbocycles. The van der Waals surface area contributed by atoms with E-state index in [9.17, 15) is 4.79 Å². The van der Waals surface area contributed by atoms with Gasteiger partial charge in [0, 0.05) is 32.4 Å². The Balaban J connectivity index is 1.62. The van der Waals surface area contributed by atoms with Crippen molar-refractivity contribution in [2.45, 2.75) is 26.8 Å². The number of aromatic nitrogens is 4. The summed E-state index contributed by atoms with van der Waals surface area (Å²) in [7, 11) is 1.82. The Morgan fingerprint density at radius 1 is 1.41 bits per heavy atom. The van der Waals surface area contributed by atoms with E-state index < -0.39 is 0 Å². The van der Waals surface area contributed by atoms with Crippen LogP contribution in [0.4, 0.5) is 5.82 Å². The molecular formula is C15H20N6O. The van der Waals surface area contributed by atoms with Crippen LogP contribution < -0.4 is 5.32 Å². The van der Waals surface area contributed by atoms with Crippen LogP contribution in [0.25, 0.3) is 0 Å². The van der Waals surface area contributed by atoms with Crippen molar-refractivity contribution in [2.24, 2.45) is 7.05 Å². The van der Waals surface area contributed by atoms with E-state index in [1.165, 1.54) is 5.56 Å². The minimum Gasteiger partial charge on any atom is -0.310 e. The molecular weight excluding hydrogens is 280 g/mol. The predicted molar refractivity (Wildman–Crippen MR) is 82.3 cm³/mol. The highest BCUT2D eigenvalue weighted by Gasteiger charge is 2.20. The lowest BCUT2D eigenvalue weighted by molar-refractivity contribution is -0.117. The van der Waals surface area contributed by atoms with Gasteiger partial charge in [0.15, 0.2) is 0 Å². The van der Waals surface area contributed by atoms with Crippen molar-refractivity contribution in [2.75, 3.05) is 18.4 Å². The molecule has 0 unspecified atom stereocenters. The fraction of sp³-hybridized carbons (Fsp3) is 0.467. The summed E-state index contributed by atoms with van der Waals surface area (Å²) in [6.07, 6.45) is 2.78. The molecule has 0 saturated heterocycles. The van der Waals surface area contributed by atoms with Crippen molar-refractivity contribution in [1.29, 1.82) is 0 Å². The summed E-state index contributed by atoms with van der Waals surface area (Å²) in [6, 6.07) is 1.86. The van der Waals surface area contributed by atoms with Crippen molar-refractivity contribution in [3.8, 4) is 0 Å². The Kier molecular flexibility index (Phi) is 3.89. The number of anilines is 1. The zero-order valence-corrected chi connectivity index (χ0v) is 13.1. The average molecular weight is 300 g/mol. The lowest BCUT2D eigenvalue weighted by Crippen LogP contribution is -2.37. The molecule has 2 aromatic rings. The van der Waals surface area contributed by atoms with Crippen LogP contribution >= 0.6 is 0 Å². The van der Waals surface area contributed by atoms with Crippen LogP contribution in [0.3, 0.4) is 0 Å². The van der Waals surface area contributed by atoms with Crippen molar-refractivity contribution in [1.82, 2.24) is 24.6 Å². The van der Waals surface area contributed by atoms with E-state index in [4.69, 9.17) is 0 Å². The highest BCUT2D eigenvalue weighted by molar-refractivity contribution is 5.91. The van der Waals surface area contributed by atoms with Gasteiger partial charge in [0.25, 0.3) is 0 Å². The second-order valence-corrected chi connectivity index (χ2v) is 5.69. The zero-order valence-electron chi connectivity index (χ0n) is 13.1. The quantitative estimate of drug-likeness (QED) is 0.908. The molecule has 2 aromatic heterocycles. The maximum Gasteiger partial charge on any atom is 0.239 e. The fourth-order valence-electron chi connectivity index (χ4n) is 2.71. The number of rotatable bonds is 3. The summed E-state index contributed by atoms with van der Waals surface area (Å²) < 4.78 is 1.68. The zero-order chi connectivity index (χ0) is 15.7. The first-order valence-corrected chi connectivity index (χ1v) is 7.35. The van der Waals surface area contributed by atoms with Crippen LogP contribution in [0, 0.1) is 13.8 Å². The molecule has 116 valence electrons. The van der Waals surface area contributed by atoms with Gasteiger partial charge in [0.1, 0.15) is 11.6 Å². The monoisotopic (exact) mass is 300 g/mol. The molecule has 0 bridgehead atoms. The van der Waals surface area contributed by atoms with Crippen molar-refractivity contribution >= 4 is 11.7 Å². The third kappa shape index (κ3) is 3.14. The second-order valence-electron chi connectivity index (χ2n) is 5.69. The van der Waals surface area contributed by atoms with Crippen LogP contribution in [0.2, 0.25) is 0 Å². The number of nitrogens with zero attached hydrogens (tertiary/aromatic N) is 5. The first kappa shape index (κ1) is 14.6. The van der Waals surface area contributed by atoms with E-state index in [0.717, 1.165) is 36.0 Å². The molecule has 22 heavy (non-hydrogen) atoms. The van der Waals surface area contributed by atoms with Gasteiger partial charge in [-0.2, -0.15) is 5.10 Å². The summed E-state index contributed by atoms with van der Waals surface area (Å²) in [6.45, 7) is 5.68. The van der Waals surface area contributed by atoms with Crippen LogP contribution in [0.1, 0.15) is 22.8 Å². The third-order valence-corrected chi connectivity index (χ3v) is 3.78. The van der Waals surface area contributed by atoms with E-state index in [1.807, 2.05) is 33.2 Å². The van der Waals surface area contributed by atoms with Crippen LogP contribution in [-0.2, 0) is 24.8 Å². The molecule has 7 nitrogen and oxygen atoms in total. The Morgan fingerprint density at radius 2 is 2.23 bits per heavy atom. The van der Waals surface area contributed by atoms with Crippen LogP contribution in [-0.4, -0.2) is 43.6 Å². The number of carbonyl (C=O) groups excluding carboxylic acids is 1. The van der Waals surface area contributed by atoms with Gasteiger partial charge in [0.2, 0.25) is 5.91 Å². The summed E-state index contributed by atoms with van der Waals surface area (Å²) in [5.41, 5.74) is 3.10. The minimum atomic E-state index is -0.0303. The third-order valence-electron chi connectivity index (χ3n) is 3.78. The molecule has 0 fully saturated rings. The molecule has 1 amide bonds. The second kappa shape index (κ2) is 5.84. The molecule has 1 aliphatic heterocycles. The van der Waals surface area contributed by atoms with Crippen molar-refractivity contribution in [3.63, 3.8) is 0 Å². The molecule has 3 heterocycles. The first-order chi connectivity index (χ1) is 10.5. The number of fused-ring (bicyclic) bond motifs is 1. The van der Waals surface area contributed by atoms with Gasteiger partial charge in [-0.25, -0.2) is 9.97 Å². The molecule has 1 N–H and O–H groups in total. The summed E-state index contributed by atoms with van der Waals surface area (Å²) in [4.78, 5) is 23.0. The number of nitrogens with one attached hydrogen (secondary N) is 1. The minimum absolute atomic E-state index is 0.0303. The van der Waals surface area contributed by atoms with E-state index in [0.29, 0.717) is 13.1 Å². The van der Waals surface area contributed by atoms with Gasteiger partial charge in [-0.15, -0.1) is 0 Å². The van der Waals surface area contributed by atoms with Gasteiger partial charge in [-0.3, -0.25) is 14.4 Å². The molecule has 0 radical (unpaired) electrons. The summed E-state index contributed by atoms with van der Waals surface area (Å²) in [5, 5.41) is 7.12. The van der Waals surface area contributed by atoms with E-state index in [2.05, 4.69) is 25.3 Å². The standard InChI is InChI=1S/C15H20N6O/c1-10-6-14(20(3)19-10)18-15(22)9-21-5-4-12-7-16-11(2)17-13(12)8-21/h6-7H,4-5,8-9H2,1-3H3,(H,18,22). The Hall–Kier alpha value is -2.28. The smallest absolute Gasteiger partial charge is 0.239 e. The number of aryl methyl sites for hydroxylation is 3. The lowest BCUT2D eigenvalue weighted by Gasteiger charge is -2.27. The largest absolute Gasteiger partial charge is 0.310 e. The topological polar surface area (TPSA) is 75.9 Å². The SMILES string of the molecule is Cc1cc(NC(=O)CN2CCc3cnc(C)nc3C2)n(C)n1. The van der Waals surface area contributed by atoms with Gasteiger partial charge < -0.3 is 5.32 Å². The first-order valence-electron chi connectivity index (χ1n) is 7.35. The van der Waals surface area contributed by atoms with Crippen LogP contribution in [0.15, 0.2) is 12.3 Å². The van der Waals surface area contributed by atoms with Gasteiger partial charge in [0.05, 0.1) is 17.9 Å². The lowest BCUT2D eigenvalue weighted by atomic mass is 10.1. The summed E-state index contributed by atoms with van der Waals surface area (Å²) in [5.74, 6) is 1.46. The average Bonchev–Trinajstić information content (AvgIpc) is 2.76. The molecule has 0 spiro atoms. The normalized spacial score (nSPS) is 14.7. The van der Waals surface area contributed by atoms with Crippen molar-refractivity contribution < 1.29 is 4.79 Å². The number of amides is 1. The number of carbonyl (C=O) groups is 1. The summed E-state index contributed by atoms with van der Waals surface area (Å²) >= 11 is 0. The molecule has 0 atom stereocenters. The number of hydrogen-bond donors (Lipinski definition) is 1. The maximum absolute atomic E-state index is 12.2. The molecule has 3 rings (SSSR count). The molecule has 0 aromatic carbocycles. The highest BCUT2D eigenvalue weighted by Crippen LogP contribution is 2.16. The highest BCUT2D eigenvalue weighted by atomic mass is 16.2. The van der Waals surface area contributed by atoms with E-state index in [-0.39, 0.29) is 5.91 Å². The Labute approximate surface area is 129 Å². The molecule has 1 aliphatic rings. The fourth-order valence-corrected chi connectivity index (χ4v) is 2.71. The van der Waals surface area contributed by atoms with E-state index in [1.54, 1.807) is 4.68 Å². The van der Waals surface area contributed by atoms with Crippen molar-refractivity contribution in [3.05, 3.63) is 35.0 Å². The van der Waals surface area contributed by atoms with Gasteiger partial charge in [-0.1, -0.05) is 0 Å². The maximum atomic E-state index is 12.2. The number of hydrogen-bond acceptors (Lipinski definition) is 5. The Morgan fingerprint density at radius 3 is 2.95 bits per heavy atom.